The van der Waals surface area contributed by atoms with Gasteiger partial charge < -0.3 is 9.47 Å². The molecule has 0 spiro atoms. The molecule has 1 unspecified atom stereocenters. The highest BCUT2D eigenvalue weighted by molar-refractivity contribution is 7.94. The molecule has 1 aliphatic heterocycles. The van der Waals surface area contributed by atoms with E-state index >= 15 is 0 Å². The lowest BCUT2D eigenvalue weighted by Gasteiger charge is -2.14. The van der Waals surface area contributed by atoms with Crippen LogP contribution in [0.5, 0.6) is 0 Å². The minimum atomic E-state index is -3.86. The van der Waals surface area contributed by atoms with Crippen molar-refractivity contribution in [1.82, 2.24) is 0 Å². The third-order valence-electron chi connectivity index (χ3n) is 4.25. The predicted octanol–water partition coefficient (Wildman–Crippen LogP) is 3.17. The Hall–Kier alpha value is -2.91. The number of cyclic esters (lactones) is 1. The van der Waals surface area contributed by atoms with Gasteiger partial charge in [0.1, 0.15) is 4.21 Å². The van der Waals surface area contributed by atoms with Gasteiger partial charge in [-0.25, -0.2) is 18.0 Å². The Morgan fingerprint density at radius 2 is 1.89 bits per heavy atom. The van der Waals surface area contributed by atoms with E-state index in [-0.39, 0.29) is 28.5 Å². The lowest BCUT2D eigenvalue weighted by Crippen LogP contribution is -2.24. The molecule has 0 bridgehead atoms. The summed E-state index contributed by atoms with van der Waals surface area (Å²) in [5.74, 6) is -1.40. The van der Waals surface area contributed by atoms with E-state index in [1.807, 2.05) is 12.1 Å². The molecular formula is C19H15NO6S2. The number of fused-ring (bicyclic) bond motifs is 1. The standard InChI is InChI=1S/C19H15NO6S2/c21-18(26-16-7-8-25-19(16)22)14-10-12-4-1-2-5-13(12)11-15(14)20-28(23,24)17-6-3-9-27-17/h1-6,9-11,16,20H,7-8H2. The van der Waals surface area contributed by atoms with Gasteiger partial charge in [0.2, 0.25) is 6.10 Å². The molecule has 0 amide bonds. The normalized spacial score (nSPS) is 16.7. The summed E-state index contributed by atoms with van der Waals surface area (Å²) >= 11 is 1.07. The zero-order valence-electron chi connectivity index (χ0n) is 14.5. The van der Waals surface area contributed by atoms with E-state index in [4.69, 9.17) is 9.47 Å². The number of benzene rings is 2. The topological polar surface area (TPSA) is 98.8 Å². The van der Waals surface area contributed by atoms with Gasteiger partial charge in [0.15, 0.2) is 0 Å². The molecule has 0 saturated carbocycles. The van der Waals surface area contributed by atoms with Crippen molar-refractivity contribution in [2.45, 2.75) is 16.7 Å². The number of rotatable bonds is 5. The second kappa shape index (κ2) is 7.25. The van der Waals surface area contributed by atoms with Gasteiger partial charge in [0, 0.05) is 6.42 Å². The van der Waals surface area contributed by atoms with Gasteiger partial charge in [-0.2, -0.15) is 0 Å². The third-order valence-corrected chi connectivity index (χ3v) is 7.01. The molecule has 28 heavy (non-hydrogen) atoms. The van der Waals surface area contributed by atoms with E-state index in [9.17, 15) is 18.0 Å². The van der Waals surface area contributed by atoms with Crippen LogP contribution in [0.1, 0.15) is 16.8 Å². The smallest absolute Gasteiger partial charge is 0.347 e. The number of hydrogen-bond acceptors (Lipinski definition) is 7. The monoisotopic (exact) mass is 417 g/mol. The highest BCUT2D eigenvalue weighted by Crippen LogP contribution is 2.29. The molecule has 1 fully saturated rings. The molecule has 7 nitrogen and oxygen atoms in total. The number of esters is 2. The minimum absolute atomic E-state index is 0.0264. The molecule has 1 aliphatic rings. The fourth-order valence-electron chi connectivity index (χ4n) is 2.88. The fraction of sp³-hybridized carbons (Fsp3) is 0.158. The van der Waals surface area contributed by atoms with Crippen LogP contribution in [0.25, 0.3) is 10.8 Å². The van der Waals surface area contributed by atoms with Crippen molar-refractivity contribution in [2.24, 2.45) is 0 Å². The lowest BCUT2D eigenvalue weighted by molar-refractivity contribution is -0.145. The maximum atomic E-state index is 12.7. The van der Waals surface area contributed by atoms with Crippen LogP contribution < -0.4 is 4.72 Å². The quantitative estimate of drug-likeness (QED) is 0.640. The van der Waals surface area contributed by atoms with E-state index in [0.717, 1.165) is 22.1 Å². The number of carbonyl (C=O) groups excluding carboxylic acids is 2. The zero-order chi connectivity index (χ0) is 19.7. The van der Waals surface area contributed by atoms with E-state index in [1.165, 1.54) is 6.07 Å². The Balaban J connectivity index is 1.74. The summed E-state index contributed by atoms with van der Waals surface area (Å²) in [5, 5.41) is 3.14. The number of nitrogens with one attached hydrogen (secondary N) is 1. The average molecular weight is 417 g/mol. The molecule has 0 radical (unpaired) electrons. The highest BCUT2D eigenvalue weighted by atomic mass is 32.2. The van der Waals surface area contributed by atoms with Crippen molar-refractivity contribution in [1.29, 1.82) is 0 Å². The van der Waals surface area contributed by atoms with Gasteiger partial charge in [-0.1, -0.05) is 30.3 Å². The molecule has 2 heterocycles. The molecule has 2 aromatic carbocycles. The van der Waals surface area contributed by atoms with Crippen molar-refractivity contribution in [2.75, 3.05) is 11.3 Å². The van der Waals surface area contributed by atoms with Gasteiger partial charge in [0.25, 0.3) is 10.0 Å². The van der Waals surface area contributed by atoms with Crippen molar-refractivity contribution in [3.05, 3.63) is 59.5 Å². The largest absolute Gasteiger partial charge is 0.463 e. The minimum Gasteiger partial charge on any atom is -0.463 e. The van der Waals surface area contributed by atoms with Gasteiger partial charge in [-0.3, -0.25) is 4.72 Å². The van der Waals surface area contributed by atoms with Gasteiger partial charge in [-0.05, 0) is 34.4 Å². The molecule has 1 aromatic heterocycles. The Labute approximate surface area is 164 Å². The molecule has 0 aliphatic carbocycles. The van der Waals surface area contributed by atoms with Crippen LogP contribution in [-0.4, -0.2) is 33.1 Å². The second-order valence-electron chi connectivity index (χ2n) is 6.13. The van der Waals surface area contributed by atoms with E-state index in [1.54, 1.807) is 35.7 Å². The maximum absolute atomic E-state index is 12.7. The lowest BCUT2D eigenvalue weighted by atomic mass is 10.1. The van der Waals surface area contributed by atoms with Crippen molar-refractivity contribution >= 4 is 49.8 Å². The summed E-state index contributed by atoms with van der Waals surface area (Å²) in [6, 6.07) is 13.4. The zero-order valence-corrected chi connectivity index (χ0v) is 16.1. The van der Waals surface area contributed by atoms with Gasteiger partial charge in [-0.15, -0.1) is 11.3 Å². The Bertz CT molecular complexity index is 1150. The first-order valence-corrected chi connectivity index (χ1v) is 10.8. The van der Waals surface area contributed by atoms with Crippen LogP contribution in [0.3, 0.4) is 0 Å². The maximum Gasteiger partial charge on any atom is 0.347 e. The number of hydrogen-bond donors (Lipinski definition) is 1. The third kappa shape index (κ3) is 3.58. The number of carbonyl (C=O) groups is 2. The Morgan fingerprint density at radius 3 is 2.54 bits per heavy atom. The first-order chi connectivity index (χ1) is 13.4. The molecule has 1 atom stereocenters. The summed E-state index contributed by atoms with van der Waals surface area (Å²) < 4.78 is 37.9. The summed E-state index contributed by atoms with van der Waals surface area (Å²) in [6.45, 7) is 0.187. The SMILES string of the molecule is O=C(OC1CCOC1=O)c1cc2ccccc2cc1NS(=O)(=O)c1cccs1. The number of sulfonamides is 1. The molecule has 4 rings (SSSR count). The van der Waals surface area contributed by atoms with Crippen LogP contribution in [0.2, 0.25) is 0 Å². The molecule has 1 saturated heterocycles. The van der Waals surface area contributed by atoms with Crippen molar-refractivity contribution < 1.29 is 27.5 Å². The highest BCUT2D eigenvalue weighted by Gasteiger charge is 2.31. The van der Waals surface area contributed by atoms with Gasteiger partial charge >= 0.3 is 11.9 Å². The molecular weight excluding hydrogens is 402 g/mol. The first kappa shape index (κ1) is 18.5. The Kier molecular flexibility index (Phi) is 4.78. The van der Waals surface area contributed by atoms with Gasteiger partial charge in [0.05, 0.1) is 17.9 Å². The number of thiophene rings is 1. The summed E-state index contributed by atoms with van der Waals surface area (Å²) in [5.41, 5.74) is 0.113. The summed E-state index contributed by atoms with van der Waals surface area (Å²) in [7, 11) is -3.86. The summed E-state index contributed by atoms with van der Waals surface area (Å²) in [4.78, 5) is 24.3. The predicted molar refractivity (Wildman–Crippen MR) is 104 cm³/mol. The molecule has 3 aromatic rings. The van der Waals surface area contributed by atoms with Crippen LogP contribution in [-0.2, 0) is 24.3 Å². The Morgan fingerprint density at radius 1 is 1.14 bits per heavy atom. The fourth-order valence-corrected chi connectivity index (χ4v) is 4.95. The van der Waals surface area contributed by atoms with Crippen LogP contribution >= 0.6 is 11.3 Å². The van der Waals surface area contributed by atoms with Crippen LogP contribution in [0.4, 0.5) is 5.69 Å². The average Bonchev–Trinajstić information content (AvgIpc) is 3.34. The van der Waals surface area contributed by atoms with E-state index in [0.29, 0.717) is 0 Å². The van der Waals surface area contributed by atoms with E-state index < -0.39 is 28.1 Å². The van der Waals surface area contributed by atoms with Crippen LogP contribution in [0.15, 0.2) is 58.1 Å². The second-order valence-corrected chi connectivity index (χ2v) is 8.99. The van der Waals surface area contributed by atoms with Crippen LogP contribution in [0, 0.1) is 0 Å². The number of ether oxygens (including phenoxy) is 2. The molecule has 1 N–H and O–H groups in total. The first-order valence-electron chi connectivity index (χ1n) is 8.41. The van der Waals surface area contributed by atoms with E-state index in [2.05, 4.69) is 4.72 Å². The molecule has 9 heteroatoms. The van der Waals surface area contributed by atoms with Crippen molar-refractivity contribution in [3.8, 4) is 0 Å². The van der Waals surface area contributed by atoms with Crippen molar-refractivity contribution in [3.63, 3.8) is 0 Å². The number of anilines is 1. The molecule has 144 valence electrons. The summed E-state index contributed by atoms with van der Waals surface area (Å²) in [6.07, 6.45) is -0.713.